The van der Waals surface area contributed by atoms with Crippen molar-refractivity contribution >= 4 is 28.8 Å². The first kappa shape index (κ1) is 15.9. The van der Waals surface area contributed by atoms with Gasteiger partial charge in [0, 0.05) is 29.8 Å². The number of carbonyl (C=O) groups is 1. The Balaban J connectivity index is 2.39. The highest BCUT2D eigenvalue weighted by atomic mass is 35.5. The lowest BCUT2D eigenvalue weighted by Gasteiger charge is -2.01. The summed E-state index contributed by atoms with van der Waals surface area (Å²) in [6, 6.07) is 3.83. The van der Waals surface area contributed by atoms with E-state index in [1.807, 2.05) is 17.7 Å². The Kier molecular flexibility index (Phi) is 5.27. The highest BCUT2D eigenvalue weighted by Crippen LogP contribution is 2.15. The summed E-state index contributed by atoms with van der Waals surface area (Å²) in [6.45, 7) is 2.99. The lowest BCUT2D eigenvalue weighted by Crippen LogP contribution is -2.19. The fraction of sp³-hybridized carbons (Fsp3) is 0.286. The zero-order chi connectivity index (χ0) is 15.4. The van der Waals surface area contributed by atoms with E-state index in [4.69, 9.17) is 16.3 Å². The van der Waals surface area contributed by atoms with Crippen LogP contribution in [0.15, 0.2) is 29.4 Å². The molecule has 0 aliphatic carbocycles. The highest BCUT2D eigenvalue weighted by molar-refractivity contribution is 7.09. The van der Waals surface area contributed by atoms with E-state index in [1.165, 1.54) is 23.5 Å². The summed E-state index contributed by atoms with van der Waals surface area (Å²) in [5, 5.41) is 0.296. The second kappa shape index (κ2) is 6.98. The van der Waals surface area contributed by atoms with Crippen molar-refractivity contribution in [1.29, 1.82) is 0 Å². The van der Waals surface area contributed by atoms with E-state index in [2.05, 4.69) is 4.99 Å². The molecule has 1 aromatic heterocycles. The van der Waals surface area contributed by atoms with E-state index in [1.54, 1.807) is 7.11 Å². The summed E-state index contributed by atoms with van der Waals surface area (Å²) in [5.41, 5.74) is -0.133. The molecule has 0 fully saturated rings. The molecule has 112 valence electrons. The smallest absolute Gasteiger partial charge is 0.282 e. The van der Waals surface area contributed by atoms with Crippen molar-refractivity contribution < 1.29 is 13.9 Å². The first-order chi connectivity index (χ1) is 10.0. The van der Waals surface area contributed by atoms with Gasteiger partial charge in [0.2, 0.25) is 0 Å². The second-order valence-electron chi connectivity index (χ2n) is 4.35. The summed E-state index contributed by atoms with van der Waals surface area (Å²) in [6.07, 6.45) is 1.88. The lowest BCUT2D eigenvalue weighted by atomic mass is 10.2. The van der Waals surface area contributed by atoms with Crippen molar-refractivity contribution in [2.75, 3.05) is 13.7 Å². The number of benzene rings is 1. The van der Waals surface area contributed by atoms with Crippen molar-refractivity contribution in [2.45, 2.75) is 13.5 Å². The van der Waals surface area contributed by atoms with Gasteiger partial charge in [-0.05, 0) is 25.1 Å². The molecule has 0 spiro atoms. The summed E-state index contributed by atoms with van der Waals surface area (Å²) in [4.78, 5) is 17.6. The van der Waals surface area contributed by atoms with Crippen molar-refractivity contribution in [3.05, 3.63) is 50.5 Å². The SMILES string of the molecule is COCCn1cc(C)sc1=NC(=O)c1cc(Cl)ccc1F. The van der Waals surface area contributed by atoms with E-state index in [0.717, 1.165) is 10.9 Å². The third kappa shape index (κ3) is 4.00. The maximum atomic E-state index is 13.7. The van der Waals surface area contributed by atoms with Gasteiger partial charge in [-0.1, -0.05) is 11.6 Å². The lowest BCUT2D eigenvalue weighted by molar-refractivity contribution is 0.0993. The quantitative estimate of drug-likeness (QED) is 0.866. The van der Waals surface area contributed by atoms with E-state index in [0.29, 0.717) is 23.0 Å². The molecule has 1 heterocycles. The fourth-order valence-corrected chi connectivity index (χ4v) is 2.78. The minimum atomic E-state index is -0.650. The molecule has 0 aliphatic heterocycles. The number of rotatable bonds is 4. The van der Waals surface area contributed by atoms with Crippen LogP contribution < -0.4 is 4.80 Å². The fourth-order valence-electron chi connectivity index (χ4n) is 1.75. The largest absolute Gasteiger partial charge is 0.383 e. The van der Waals surface area contributed by atoms with E-state index < -0.39 is 11.7 Å². The number of thiazole rings is 1. The van der Waals surface area contributed by atoms with E-state index in [9.17, 15) is 9.18 Å². The molecular weight excluding hydrogens is 315 g/mol. The van der Waals surface area contributed by atoms with Gasteiger partial charge in [-0.3, -0.25) is 4.79 Å². The maximum absolute atomic E-state index is 13.7. The number of nitrogens with zero attached hydrogens (tertiary/aromatic N) is 2. The topological polar surface area (TPSA) is 43.6 Å². The molecule has 0 N–H and O–H groups in total. The monoisotopic (exact) mass is 328 g/mol. The Morgan fingerprint density at radius 2 is 2.29 bits per heavy atom. The Labute approximate surface area is 130 Å². The molecule has 7 heteroatoms. The zero-order valence-corrected chi connectivity index (χ0v) is 13.2. The van der Waals surface area contributed by atoms with Gasteiger partial charge in [-0.2, -0.15) is 4.99 Å². The first-order valence-electron chi connectivity index (χ1n) is 6.21. The molecule has 1 aromatic carbocycles. The summed E-state index contributed by atoms with van der Waals surface area (Å²) >= 11 is 7.15. The Hall–Kier alpha value is -1.50. The molecule has 1 amide bonds. The van der Waals surface area contributed by atoms with Crippen molar-refractivity contribution in [3.8, 4) is 0 Å². The van der Waals surface area contributed by atoms with Crippen LogP contribution in [0.4, 0.5) is 4.39 Å². The molecule has 0 bridgehead atoms. The number of carbonyl (C=O) groups excluding carboxylic acids is 1. The van der Waals surface area contributed by atoms with Crippen LogP contribution in [0.5, 0.6) is 0 Å². The summed E-state index contributed by atoms with van der Waals surface area (Å²) in [5.74, 6) is -1.28. The number of methoxy groups -OCH3 is 1. The van der Waals surface area contributed by atoms with Gasteiger partial charge in [0.15, 0.2) is 4.80 Å². The van der Waals surface area contributed by atoms with Crippen LogP contribution in [0.25, 0.3) is 0 Å². The van der Waals surface area contributed by atoms with Gasteiger partial charge in [0.05, 0.1) is 12.2 Å². The standard InChI is InChI=1S/C14H14ClFN2O2S/c1-9-8-18(5-6-20-2)14(21-9)17-13(19)11-7-10(15)3-4-12(11)16/h3-4,7-8H,5-6H2,1-2H3. The van der Waals surface area contributed by atoms with Crippen LogP contribution in [0, 0.1) is 12.7 Å². The number of amides is 1. The van der Waals surface area contributed by atoms with E-state index >= 15 is 0 Å². The Bertz CT molecular complexity index is 724. The van der Waals surface area contributed by atoms with Crippen molar-refractivity contribution in [3.63, 3.8) is 0 Å². The molecule has 21 heavy (non-hydrogen) atoms. The maximum Gasteiger partial charge on any atom is 0.282 e. The van der Waals surface area contributed by atoms with E-state index in [-0.39, 0.29) is 5.56 Å². The first-order valence-corrected chi connectivity index (χ1v) is 7.40. The molecule has 0 radical (unpaired) electrons. The van der Waals surface area contributed by atoms with Crippen molar-refractivity contribution in [2.24, 2.45) is 4.99 Å². The third-order valence-corrected chi connectivity index (χ3v) is 3.90. The van der Waals surface area contributed by atoms with Crippen LogP contribution in [0.2, 0.25) is 5.02 Å². The van der Waals surface area contributed by atoms with Crippen LogP contribution in [0.1, 0.15) is 15.2 Å². The Morgan fingerprint density at radius 1 is 1.52 bits per heavy atom. The summed E-state index contributed by atoms with van der Waals surface area (Å²) < 4.78 is 20.5. The van der Waals surface area contributed by atoms with Crippen molar-refractivity contribution in [1.82, 2.24) is 4.57 Å². The number of hydrogen-bond acceptors (Lipinski definition) is 3. The van der Waals surface area contributed by atoms with Gasteiger partial charge in [0.1, 0.15) is 5.82 Å². The normalized spacial score (nSPS) is 11.9. The average molecular weight is 329 g/mol. The molecular formula is C14H14ClFN2O2S. The van der Waals surface area contributed by atoms with Crippen LogP contribution in [-0.2, 0) is 11.3 Å². The Morgan fingerprint density at radius 3 is 3.00 bits per heavy atom. The average Bonchev–Trinajstić information content (AvgIpc) is 2.79. The predicted molar refractivity (Wildman–Crippen MR) is 80.2 cm³/mol. The third-order valence-electron chi connectivity index (χ3n) is 2.73. The molecule has 0 atom stereocenters. The minimum absolute atomic E-state index is 0.133. The number of hydrogen-bond donors (Lipinski definition) is 0. The van der Waals surface area contributed by atoms with Crippen LogP contribution in [-0.4, -0.2) is 24.2 Å². The van der Waals surface area contributed by atoms with Crippen LogP contribution >= 0.6 is 22.9 Å². The van der Waals surface area contributed by atoms with Gasteiger partial charge in [0.25, 0.3) is 5.91 Å². The molecule has 0 unspecified atom stereocenters. The van der Waals surface area contributed by atoms with Gasteiger partial charge in [-0.25, -0.2) is 4.39 Å². The molecule has 0 aliphatic rings. The molecule has 2 rings (SSSR count). The molecule has 0 saturated heterocycles. The minimum Gasteiger partial charge on any atom is -0.383 e. The molecule has 2 aromatic rings. The van der Waals surface area contributed by atoms with Gasteiger partial charge < -0.3 is 9.30 Å². The number of halogens is 2. The second-order valence-corrected chi connectivity index (χ2v) is 6.00. The number of aromatic nitrogens is 1. The summed E-state index contributed by atoms with van der Waals surface area (Å²) in [7, 11) is 1.60. The zero-order valence-electron chi connectivity index (χ0n) is 11.6. The number of aryl methyl sites for hydroxylation is 1. The van der Waals surface area contributed by atoms with Gasteiger partial charge in [-0.15, -0.1) is 11.3 Å². The highest BCUT2D eigenvalue weighted by Gasteiger charge is 2.12. The van der Waals surface area contributed by atoms with Crippen LogP contribution in [0.3, 0.4) is 0 Å². The molecule has 4 nitrogen and oxygen atoms in total. The van der Waals surface area contributed by atoms with Gasteiger partial charge >= 0.3 is 0 Å². The molecule has 0 saturated carbocycles. The number of ether oxygens (including phenoxy) is 1. The predicted octanol–water partition coefficient (Wildman–Crippen LogP) is 3.04.